The van der Waals surface area contributed by atoms with Crippen LogP contribution in [0.4, 0.5) is 9.59 Å². The van der Waals surface area contributed by atoms with Gasteiger partial charge in [0.05, 0.1) is 6.61 Å². The second-order valence-corrected chi connectivity index (χ2v) is 8.02. The summed E-state index contributed by atoms with van der Waals surface area (Å²) in [6.45, 7) is 7.56. The van der Waals surface area contributed by atoms with Crippen LogP contribution in [-0.2, 0) is 25.6 Å². The monoisotopic (exact) mass is 426 g/mol. The van der Waals surface area contributed by atoms with Gasteiger partial charge in [-0.1, -0.05) is 43.7 Å². The number of amides is 2. The molecule has 2 N–H and O–H groups in total. The lowest BCUT2D eigenvalue weighted by atomic mass is 10.2. The molecule has 1 aromatic rings. The van der Waals surface area contributed by atoms with E-state index < -0.39 is 29.8 Å². The van der Waals surface area contributed by atoms with Crippen molar-refractivity contribution in [1.29, 1.82) is 0 Å². The molecule has 1 atom stereocenters. The van der Waals surface area contributed by atoms with Crippen molar-refractivity contribution in [2.45, 2.75) is 58.8 Å². The van der Waals surface area contributed by atoms with Gasteiger partial charge in [-0.2, -0.15) is 0 Å². The SMILES string of the molecule is CCCCOC(=O)NC(CSNC(=O)OCc1ccccc1)C(=O)OC(C)(C)C. The summed E-state index contributed by atoms with van der Waals surface area (Å²) in [6, 6.07) is 8.27. The standard InChI is InChI=1S/C20H30N2O6S/c1-5-6-12-26-18(24)21-16(17(23)28-20(2,3)4)14-29-22-19(25)27-13-15-10-8-7-9-11-15/h7-11,16H,5-6,12-14H2,1-4H3,(H,21,24)(H,22,25). The zero-order valence-corrected chi connectivity index (χ0v) is 18.2. The van der Waals surface area contributed by atoms with E-state index in [0.29, 0.717) is 0 Å². The summed E-state index contributed by atoms with van der Waals surface area (Å²) in [5.41, 5.74) is 0.145. The van der Waals surface area contributed by atoms with Crippen molar-refractivity contribution in [1.82, 2.24) is 10.0 Å². The molecule has 1 rings (SSSR count). The van der Waals surface area contributed by atoms with Crippen LogP contribution in [0.2, 0.25) is 0 Å². The van der Waals surface area contributed by atoms with Gasteiger partial charge >= 0.3 is 18.2 Å². The first kappa shape index (κ1) is 24.6. The summed E-state index contributed by atoms with van der Waals surface area (Å²) in [4.78, 5) is 36.1. The Morgan fingerprint density at radius 2 is 1.76 bits per heavy atom. The molecule has 0 spiro atoms. The van der Waals surface area contributed by atoms with Gasteiger partial charge in [-0.3, -0.25) is 4.72 Å². The molecule has 2 amide bonds. The number of unbranched alkanes of at least 4 members (excludes halogenated alkanes) is 1. The van der Waals surface area contributed by atoms with Crippen molar-refractivity contribution in [3.63, 3.8) is 0 Å². The molecule has 1 unspecified atom stereocenters. The maximum atomic E-state index is 12.4. The summed E-state index contributed by atoms with van der Waals surface area (Å²) < 4.78 is 17.9. The number of benzene rings is 1. The Kier molecular flexibility index (Phi) is 11.0. The third kappa shape index (κ3) is 11.9. The van der Waals surface area contributed by atoms with E-state index in [1.54, 1.807) is 20.8 Å². The molecule has 0 aliphatic carbocycles. The first-order valence-corrected chi connectivity index (χ1v) is 10.4. The van der Waals surface area contributed by atoms with Gasteiger partial charge in [0.2, 0.25) is 0 Å². The third-order valence-electron chi connectivity index (χ3n) is 3.33. The fourth-order valence-corrected chi connectivity index (χ4v) is 2.62. The zero-order chi connectivity index (χ0) is 21.7. The Morgan fingerprint density at radius 1 is 1.07 bits per heavy atom. The van der Waals surface area contributed by atoms with E-state index in [1.807, 2.05) is 37.3 Å². The lowest BCUT2D eigenvalue weighted by Gasteiger charge is -2.24. The number of alkyl carbamates (subject to hydrolysis) is 1. The van der Waals surface area contributed by atoms with Crippen LogP contribution in [0.15, 0.2) is 30.3 Å². The van der Waals surface area contributed by atoms with Crippen LogP contribution in [0.25, 0.3) is 0 Å². The van der Waals surface area contributed by atoms with Crippen molar-refractivity contribution in [2.24, 2.45) is 0 Å². The number of carbonyl (C=O) groups is 3. The van der Waals surface area contributed by atoms with E-state index in [4.69, 9.17) is 14.2 Å². The molecule has 0 aliphatic heterocycles. The number of hydrogen-bond donors (Lipinski definition) is 2. The molecule has 0 radical (unpaired) electrons. The molecule has 162 valence electrons. The van der Waals surface area contributed by atoms with Gasteiger partial charge in [-0.15, -0.1) is 0 Å². The second-order valence-electron chi connectivity index (χ2n) is 7.19. The minimum absolute atomic E-state index is 0.0538. The van der Waals surface area contributed by atoms with E-state index in [1.165, 1.54) is 0 Å². The maximum Gasteiger partial charge on any atom is 0.417 e. The predicted octanol–water partition coefficient (Wildman–Crippen LogP) is 3.80. The van der Waals surface area contributed by atoms with Crippen LogP contribution < -0.4 is 10.0 Å². The highest BCUT2D eigenvalue weighted by atomic mass is 32.2. The Balaban J connectivity index is 2.49. The Bertz CT molecular complexity index is 648. The van der Waals surface area contributed by atoms with Gasteiger partial charge in [0, 0.05) is 5.75 Å². The lowest BCUT2D eigenvalue weighted by Crippen LogP contribution is -2.46. The van der Waals surface area contributed by atoms with Crippen LogP contribution in [-0.4, -0.2) is 42.2 Å². The summed E-state index contributed by atoms with van der Waals surface area (Å²) in [7, 11) is 0. The first-order valence-electron chi connectivity index (χ1n) is 9.46. The number of ether oxygens (including phenoxy) is 3. The molecule has 0 aromatic heterocycles. The van der Waals surface area contributed by atoms with Crippen molar-refractivity contribution in [3.05, 3.63) is 35.9 Å². The van der Waals surface area contributed by atoms with E-state index >= 15 is 0 Å². The fraction of sp³-hybridized carbons (Fsp3) is 0.550. The average Bonchev–Trinajstić information content (AvgIpc) is 2.65. The molecule has 0 saturated heterocycles. The van der Waals surface area contributed by atoms with E-state index in [9.17, 15) is 14.4 Å². The predicted molar refractivity (Wildman–Crippen MR) is 111 cm³/mol. The molecule has 0 bridgehead atoms. The topological polar surface area (TPSA) is 103 Å². The van der Waals surface area contributed by atoms with E-state index in [2.05, 4.69) is 10.0 Å². The molecule has 0 aliphatic rings. The van der Waals surface area contributed by atoms with Gasteiger partial charge in [0.15, 0.2) is 0 Å². The highest BCUT2D eigenvalue weighted by Gasteiger charge is 2.27. The van der Waals surface area contributed by atoms with Gasteiger partial charge in [-0.25, -0.2) is 14.4 Å². The summed E-state index contributed by atoms with van der Waals surface area (Å²) >= 11 is 0.934. The highest BCUT2D eigenvalue weighted by Crippen LogP contribution is 2.11. The number of rotatable bonds is 10. The minimum atomic E-state index is -0.984. The lowest BCUT2D eigenvalue weighted by molar-refractivity contribution is -0.156. The smallest absolute Gasteiger partial charge is 0.417 e. The fourth-order valence-electron chi connectivity index (χ4n) is 1.97. The number of carbonyl (C=O) groups excluding carboxylic acids is 3. The van der Waals surface area contributed by atoms with Crippen molar-refractivity contribution in [2.75, 3.05) is 12.4 Å². The van der Waals surface area contributed by atoms with Crippen molar-refractivity contribution < 1.29 is 28.6 Å². The first-order chi connectivity index (χ1) is 13.7. The molecule has 29 heavy (non-hydrogen) atoms. The highest BCUT2D eigenvalue weighted by molar-refractivity contribution is 7.98. The summed E-state index contributed by atoms with van der Waals surface area (Å²) in [5.74, 6) is -0.560. The zero-order valence-electron chi connectivity index (χ0n) is 17.4. The maximum absolute atomic E-state index is 12.4. The van der Waals surface area contributed by atoms with Crippen molar-refractivity contribution >= 4 is 30.1 Å². The van der Waals surface area contributed by atoms with E-state index in [-0.39, 0.29) is 19.0 Å². The third-order valence-corrected chi connectivity index (χ3v) is 4.14. The Morgan fingerprint density at radius 3 is 2.38 bits per heavy atom. The Hall–Kier alpha value is -2.42. The van der Waals surface area contributed by atoms with Gasteiger partial charge in [-0.05, 0) is 44.7 Å². The molecular formula is C20H30N2O6S. The number of esters is 1. The average molecular weight is 427 g/mol. The van der Waals surface area contributed by atoms with Gasteiger partial charge in [0.1, 0.15) is 18.2 Å². The molecule has 9 heteroatoms. The molecule has 0 saturated carbocycles. The van der Waals surface area contributed by atoms with Crippen LogP contribution in [0.1, 0.15) is 46.1 Å². The summed E-state index contributed by atoms with van der Waals surface area (Å²) in [5, 5.41) is 2.48. The molecular weight excluding hydrogens is 396 g/mol. The van der Waals surface area contributed by atoms with Gasteiger partial charge < -0.3 is 19.5 Å². The summed E-state index contributed by atoms with van der Waals surface area (Å²) in [6.07, 6.45) is 0.260. The molecule has 0 fully saturated rings. The molecule has 8 nitrogen and oxygen atoms in total. The van der Waals surface area contributed by atoms with Crippen LogP contribution in [0, 0.1) is 0 Å². The quantitative estimate of drug-likeness (QED) is 0.254. The van der Waals surface area contributed by atoms with Crippen LogP contribution in [0.5, 0.6) is 0 Å². The Labute approximate surface area is 176 Å². The van der Waals surface area contributed by atoms with Gasteiger partial charge in [0.25, 0.3) is 0 Å². The van der Waals surface area contributed by atoms with Crippen molar-refractivity contribution in [3.8, 4) is 0 Å². The number of hydrogen-bond acceptors (Lipinski definition) is 7. The largest absolute Gasteiger partial charge is 0.458 e. The normalized spacial score (nSPS) is 11.9. The van der Waals surface area contributed by atoms with Crippen LogP contribution >= 0.6 is 11.9 Å². The minimum Gasteiger partial charge on any atom is -0.458 e. The second kappa shape index (κ2) is 12.9. The van der Waals surface area contributed by atoms with Crippen LogP contribution in [0.3, 0.4) is 0 Å². The number of nitrogens with one attached hydrogen (secondary N) is 2. The van der Waals surface area contributed by atoms with E-state index in [0.717, 1.165) is 30.4 Å². The molecule has 1 aromatic carbocycles. The molecule has 0 heterocycles.